The summed E-state index contributed by atoms with van der Waals surface area (Å²) >= 11 is 0. The number of hydrogen-bond donors (Lipinski definition) is 3. The van der Waals surface area contributed by atoms with E-state index in [4.69, 9.17) is 15.7 Å². The van der Waals surface area contributed by atoms with Crippen LogP contribution in [0.4, 0.5) is 0 Å². The van der Waals surface area contributed by atoms with Gasteiger partial charge in [-0.2, -0.15) is 0 Å². The Balaban J connectivity index is 1.64. The number of benzene rings is 1. The van der Waals surface area contributed by atoms with Gasteiger partial charge in [-0.05, 0) is 49.1 Å². The van der Waals surface area contributed by atoms with Crippen LogP contribution < -0.4 is 15.8 Å². The molecule has 0 amide bonds. The van der Waals surface area contributed by atoms with Gasteiger partial charge in [0.05, 0.1) is 0 Å². The van der Waals surface area contributed by atoms with Crippen molar-refractivity contribution >= 4 is 5.84 Å². The van der Waals surface area contributed by atoms with E-state index >= 15 is 0 Å². The normalized spacial score (nSPS) is 22.4. The fourth-order valence-corrected chi connectivity index (χ4v) is 2.83. The lowest BCUT2D eigenvalue weighted by molar-refractivity contribution is 0.302. The number of nitrogens with one attached hydrogen (secondary N) is 1. The molecule has 2 rings (SSSR count). The highest BCUT2D eigenvalue weighted by Crippen LogP contribution is 2.30. The van der Waals surface area contributed by atoms with E-state index in [0.29, 0.717) is 12.2 Å². The van der Waals surface area contributed by atoms with E-state index in [1.54, 1.807) is 12.1 Å². The zero-order valence-corrected chi connectivity index (χ0v) is 12.6. The van der Waals surface area contributed by atoms with E-state index in [2.05, 4.69) is 17.4 Å². The topological polar surface area (TPSA) is 79.9 Å². The second-order valence-electron chi connectivity index (χ2n) is 5.73. The Labute approximate surface area is 126 Å². The van der Waals surface area contributed by atoms with Crippen molar-refractivity contribution in [3.8, 4) is 5.75 Å². The lowest BCUT2D eigenvalue weighted by atomic mass is 9.98. The van der Waals surface area contributed by atoms with Gasteiger partial charge in [-0.1, -0.05) is 24.9 Å². The summed E-state index contributed by atoms with van der Waals surface area (Å²) in [5.41, 5.74) is 6.18. The third-order valence-electron chi connectivity index (χ3n) is 4.25. The summed E-state index contributed by atoms with van der Waals surface area (Å²) in [7, 11) is 0. The maximum Gasteiger partial charge on any atom is 0.170 e. The van der Waals surface area contributed by atoms with Crippen molar-refractivity contribution < 1.29 is 9.94 Å². The minimum Gasteiger partial charge on any atom is -0.492 e. The summed E-state index contributed by atoms with van der Waals surface area (Å²) in [6, 6.07) is 7.20. The molecule has 0 radical (unpaired) electrons. The maximum absolute atomic E-state index is 8.59. The van der Waals surface area contributed by atoms with Crippen LogP contribution >= 0.6 is 0 Å². The largest absolute Gasteiger partial charge is 0.492 e. The monoisotopic (exact) mass is 291 g/mol. The molecule has 1 aromatic rings. The molecule has 2 unspecified atom stereocenters. The van der Waals surface area contributed by atoms with Crippen LogP contribution in [0, 0.1) is 11.8 Å². The second kappa shape index (κ2) is 7.88. The van der Waals surface area contributed by atoms with Gasteiger partial charge < -0.3 is 21.0 Å². The van der Waals surface area contributed by atoms with Crippen LogP contribution in [0.5, 0.6) is 5.75 Å². The van der Waals surface area contributed by atoms with Crippen LogP contribution in [-0.4, -0.2) is 30.7 Å². The first-order valence-electron chi connectivity index (χ1n) is 7.62. The summed E-state index contributed by atoms with van der Waals surface area (Å²) in [6.45, 7) is 4.93. The molecule has 1 aromatic carbocycles. The third-order valence-corrected chi connectivity index (χ3v) is 4.25. The number of hydrogen-bond acceptors (Lipinski definition) is 4. The molecule has 5 nitrogen and oxygen atoms in total. The first-order valence-corrected chi connectivity index (χ1v) is 7.62. The molecule has 1 aliphatic carbocycles. The van der Waals surface area contributed by atoms with Gasteiger partial charge in [0.25, 0.3) is 0 Å². The van der Waals surface area contributed by atoms with Gasteiger partial charge in [-0.3, -0.25) is 0 Å². The lowest BCUT2D eigenvalue weighted by Gasteiger charge is -2.16. The first-order chi connectivity index (χ1) is 10.2. The van der Waals surface area contributed by atoms with Crippen molar-refractivity contribution in [3.05, 3.63) is 29.8 Å². The van der Waals surface area contributed by atoms with Crippen molar-refractivity contribution in [1.82, 2.24) is 5.32 Å². The number of rotatable bonds is 7. The summed E-state index contributed by atoms with van der Waals surface area (Å²) in [5, 5.41) is 15.0. The molecular weight excluding hydrogens is 266 g/mol. The Bertz CT molecular complexity index is 459. The molecule has 116 valence electrons. The van der Waals surface area contributed by atoms with Crippen molar-refractivity contribution in [3.63, 3.8) is 0 Å². The predicted molar refractivity (Wildman–Crippen MR) is 83.8 cm³/mol. The van der Waals surface area contributed by atoms with Crippen LogP contribution in [0.1, 0.15) is 31.7 Å². The van der Waals surface area contributed by atoms with Gasteiger partial charge in [0, 0.05) is 12.1 Å². The van der Waals surface area contributed by atoms with Crippen LogP contribution in [0.2, 0.25) is 0 Å². The van der Waals surface area contributed by atoms with Gasteiger partial charge in [0.1, 0.15) is 12.4 Å². The van der Waals surface area contributed by atoms with Crippen molar-refractivity contribution in [2.45, 2.75) is 26.2 Å². The molecule has 1 fully saturated rings. The average molecular weight is 291 g/mol. The van der Waals surface area contributed by atoms with Gasteiger partial charge in [0.15, 0.2) is 5.84 Å². The molecule has 0 aliphatic heterocycles. The first kappa shape index (κ1) is 15.6. The molecule has 0 bridgehead atoms. The Morgan fingerprint density at radius 3 is 2.76 bits per heavy atom. The Kier molecular flexibility index (Phi) is 5.87. The van der Waals surface area contributed by atoms with Gasteiger partial charge in [0.2, 0.25) is 0 Å². The second-order valence-corrected chi connectivity index (χ2v) is 5.73. The van der Waals surface area contributed by atoms with E-state index in [-0.39, 0.29) is 5.84 Å². The van der Waals surface area contributed by atoms with Crippen molar-refractivity contribution in [1.29, 1.82) is 0 Å². The molecule has 0 saturated heterocycles. The number of nitrogens with two attached hydrogens (primary N) is 1. The SMILES string of the molecule is CC1CCCC1CNCCOc1ccc(/C(N)=N/O)cc1. The third kappa shape index (κ3) is 4.63. The van der Waals surface area contributed by atoms with E-state index in [0.717, 1.165) is 30.7 Å². The minimum atomic E-state index is 0.105. The van der Waals surface area contributed by atoms with E-state index < -0.39 is 0 Å². The molecule has 5 heteroatoms. The van der Waals surface area contributed by atoms with Gasteiger partial charge >= 0.3 is 0 Å². The number of oxime groups is 1. The summed E-state index contributed by atoms with van der Waals surface area (Å²) in [5.74, 6) is 2.57. The minimum absolute atomic E-state index is 0.105. The number of ether oxygens (including phenoxy) is 1. The smallest absolute Gasteiger partial charge is 0.170 e. The van der Waals surface area contributed by atoms with E-state index in [1.807, 2.05) is 12.1 Å². The molecule has 1 aliphatic rings. The van der Waals surface area contributed by atoms with Gasteiger partial charge in [-0.15, -0.1) is 0 Å². The molecule has 1 saturated carbocycles. The van der Waals surface area contributed by atoms with Crippen molar-refractivity contribution in [2.75, 3.05) is 19.7 Å². The summed E-state index contributed by atoms with van der Waals surface area (Å²) in [4.78, 5) is 0. The highest BCUT2D eigenvalue weighted by molar-refractivity contribution is 5.97. The molecule has 21 heavy (non-hydrogen) atoms. The van der Waals surface area contributed by atoms with Crippen LogP contribution in [0.25, 0.3) is 0 Å². The van der Waals surface area contributed by atoms with E-state index in [1.165, 1.54) is 19.3 Å². The number of amidine groups is 1. The van der Waals surface area contributed by atoms with Crippen LogP contribution in [0.15, 0.2) is 29.4 Å². The molecule has 2 atom stereocenters. The highest BCUT2D eigenvalue weighted by atomic mass is 16.5. The van der Waals surface area contributed by atoms with Crippen molar-refractivity contribution in [2.24, 2.45) is 22.7 Å². The Morgan fingerprint density at radius 1 is 1.38 bits per heavy atom. The molecular formula is C16H25N3O2. The fraction of sp³-hybridized carbons (Fsp3) is 0.562. The molecule has 0 aromatic heterocycles. The highest BCUT2D eigenvalue weighted by Gasteiger charge is 2.22. The fourth-order valence-electron chi connectivity index (χ4n) is 2.83. The summed E-state index contributed by atoms with van der Waals surface area (Å²) in [6.07, 6.45) is 4.09. The van der Waals surface area contributed by atoms with Crippen LogP contribution in [-0.2, 0) is 0 Å². The Hall–Kier alpha value is -1.75. The molecule has 0 spiro atoms. The predicted octanol–water partition coefficient (Wildman–Crippen LogP) is 2.19. The number of nitrogens with zero attached hydrogens (tertiary/aromatic N) is 1. The van der Waals surface area contributed by atoms with Gasteiger partial charge in [-0.25, -0.2) is 0 Å². The maximum atomic E-state index is 8.59. The quantitative estimate of drug-likeness (QED) is 0.236. The van der Waals surface area contributed by atoms with E-state index in [9.17, 15) is 0 Å². The summed E-state index contributed by atoms with van der Waals surface area (Å²) < 4.78 is 5.66. The molecule has 4 N–H and O–H groups in total. The zero-order valence-electron chi connectivity index (χ0n) is 12.6. The molecule has 0 heterocycles. The lowest BCUT2D eigenvalue weighted by Crippen LogP contribution is -2.28. The zero-order chi connectivity index (χ0) is 15.1. The standard InChI is InChI=1S/C16H25N3O2/c1-12-3-2-4-14(12)11-18-9-10-21-15-7-5-13(6-8-15)16(17)19-20/h5-8,12,14,18,20H,2-4,9-11H2,1H3,(H2,17,19). The van der Waals surface area contributed by atoms with Crippen LogP contribution in [0.3, 0.4) is 0 Å². The average Bonchev–Trinajstić information content (AvgIpc) is 2.92. The Morgan fingerprint density at radius 2 is 2.14 bits per heavy atom.